The van der Waals surface area contributed by atoms with E-state index in [9.17, 15) is 9.59 Å². The highest BCUT2D eigenvalue weighted by atomic mass is 16.5. The second-order valence-corrected chi connectivity index (χ2v) is 7.54. The van der Waals surface area contributed by atoms with E-state index in [4.69, 9.17) is 4.74 Å². The number of carbonyl (C=O) groups is 2. The van der Waals surface area contributed by atoms with Crippen LogP contribution in [-0.2, 0) is 11.4 Å². The van der Waals surface area contributed by atoms with Crippen LogP contribution in [0, 0.1) is 6.92 Å². The maximum Gasteiger partial charge on any atom is 0.246 e. The standard InChI is InChI=1S/C27H27NO3/c1-20-12-15-24(16-13-20)27(30)21(2)28(3)26(29)17-14-22-10-7-11-25(18-22)31-19-23-8-5-4-6-9-23/h4-18,21H,19H2,1-3H3/b17-14+. The minimum absolute atomic E-state index is 0.0828. The van der Waals surface area contributed by atoms with Gasteiger partial charge in [0.15, 0.2) is 5.78 Å². The Bertz CT molecular complexity index is 1060. The molecular formula is C27H27NO3. The molecule has 0 bridgehead atoms. The Balaban J connectivity index is 1.60. The zero-order chi connectivity index (χ0) is 22.2. The maximum absolute atomic E-state index is 12.7. The predicted octanol–water partition coefficient (Wildman–Crippen LogP) is 5.32. The molecule has 0 fully saturated rings. The summed E-state index contributed by atoms with van der Waals surface area (Å²) in [4.78, 5) is 26.7. The van der Waals surface area contributed by atoms with Gasteiger partial charge in [-0.25, -0.2) is 0 Å². The van der Waals surface area contributed by atoms with Gasteiger partial charge in [-0.2, -0.15) is 0 Å². The molecule has 0 aliphatic rings. The second kappa shape index (κ2) is 10.4. The van der Waals surface area contributed by atoms with Crippen LogP contribution in [0.4, 0.5) is 0 Å². The molecule has 0 N–H and O–H groups in total. The first-order valence-electron chi connectivity index (χ1n) is 10.3. The minimum Gasteiger partial charge on any atom is -0.489 e. The molecule has 0 heterocycles. The van der Waals surface area contributed by atoms with Crippen molar-refractivity contribution >= 4 is 17.8 Å². The first kappa shape index (κ1) is 22.0. The van der Waals surface area contributed by atoms with Crippen molar-refractivity contribution < 1.29 is 14.3 Å². The highest BCUT2D eigenvalue weighted by Gasteiger charge is 2.22. The number of carbonyl (C=O) groups excluding carboxylic acids is 2. The Kier molecular flexibility index (Phi) is 7.39. The van der Waals surface area contributed by atoms with Gasteiger partial charge in [-0.15, -0.1) is 0 Å². The van der Waals surface area contributed by atoms with Crippen molar-refractivity contribution in [3.8, 4) is 5.75 Å². The third-order valence-corrected chi connectivity index (χ3v) is 5.17. The van der Waals surface area contributed by atoms with Gasteiger partial charge in [0, 0.05) is 18.7 Å². The molecule has 0 radical (unpaired) electrons. The fourth-order valence-corrected chi connectivity index (χ4v) is 3.06. The van der Waals surface area contributed by atoms with Crippen molar-refractivity contribution in [2.45, 2.75) is 26.5 Å². The fraction of sp³-hybridized carbons (Fsp3) is 0.185. The summed E-state index contributed by atoms with van der Waals surface area (Å²) in [5, 5.41) is 0. The lowest BCUT2D eigenvalue weighted by molar-refractivity contribution is -0.125. The topological polar surface area (TPSA) is 46.6 Å². The number of aryl methyl sites for hydroxylation is 1. The summed E-state index contributed by atoms with van der Waals surface area (Å²) in [5.41, 5.74) is 3.63. The van der Waals surface area contributed by atoms with E-state index in [1.165, 1.54) is 11.0 Å². The number of likely N-dealkylation sites (N-methyl/N-ethyl adjacent to an activating group) is 1. The third kappa shape index (κ3) is 6.16. The molecule has 0 aliphatic heterocycles. The fourth-order valence-electron chi connectivity index (χ4n) is 3.06. The average Bonchev–Trinajstić information content (AvgIpc) is 2.81. The van der Waals surface area contributed by atoms with E-state index in [2.05, 4.69) is 0 Å². The SMILES string of the molecule is Cc1ccc(C(=O)C(C)N(C)C(=O)/C=C/c2cccc(OCc3ccccc3)c2)cc1. The van der Waals surface area contributed by atoms with Crippen LogP contribution in [0.25, 0.3) is 6.08 Å². The Morgan fingerprint density at radius 2 is 1.68 bits per heavy atom. The quantitative estimate of drug-likeness (QED) is 0.371. The van der Waals surface area contributed by atoms with Crippen molar-refractivity contribution in [2.75, 3.05) is 7.05 Å². The van der Waals surface area contributed by atoms with E-state index >= 15 is 0 Å². The van der Waals surface area contributed by atoms with Crippen LogP contribution < -0.4 is 4.74 Å². The van der Waals surface area contributed by atoms with Crippen molar-refractivity contribution in [1.29, 1.82) is 0 Å². The van der Waals surface area contributed by atoms with E-state index in [-0.39, 0.29) is 11.7 Å². The zero-order valence-electron chi connectivity index (χ0n) is 18.1. The summed E-state index contributed by atoms with van der Waals surface area (Å²) in [5.74, 6) is 0.416. The van der Waals surface area contributed by atoms with Gasteiger partial charge in [0.25, 0.3) is 0 Å². The molecule has 1 amide bonds. The number of ether oxygens (including phenoxy) is 1. The highest BCUT2D eigenvalue weighted by Crippen LogP contribution is 2.17. The van der Waals surface area contributed by atoms with E-state index in [0.29, 0.717) is 12.2 Å². The number of amides is 1. The van der Waals surface area contributed by atoms with Gasteiger partial charge in [0.2, 0.25) is 5.91 Å². The van der Waals surface area contributed by atoms with Gasteiger partial charge in [-0.1, -0.05) is 72.3 Å². The Hall–Kier alpha value is -3.66. The van der Waals surface area contributed by atoms with Gasteiger partial charge < -0.3 is 9.64 Å². The lowest BCUT2D eigenvalue weighted by Gasteiger charge is -2.22. The smallest absolute Gasteiger partial charge is 0.246 e. The van der Waals surface area contributed by atoms with E-state index in [1.807, 2.05) is 73.7 Å². The Labute approximate surface area is 183 Å². The second-order valence-electron chi connectivity index (χ2n) is 7.54. The van der Waals surface area contributed by atoms with Gasteiger partial charge in [0.1, 0.15) is 12.4 Å². The lowest BCUT2D eigenvalue weighted by atomic mass is 10.0. The summed E-state index contributed by atoms with van der Waals surface area (Å²) >= 11 is 0. The normalized spacial score (nSPS) is 11.8. The summed E-state index contributed by atoms with van der Waals surface area (Å²) in [6, 6.07) is 24.3. The van der Waals surface area contributed by atoms with Crippen LogP contribution in [0.2, 0.25) is 0 Å². The van der Waals surface area contributed by atoms with Crippen molar-refractivity contribution in [2.24, 2.45) is 0 Å². The number of Topliss-reactive ketones (excluding diaryl/α,β-unsaturated/α-hetero) is 1. The van der Waals surface area contributed by atoms with Crippen LogP contribution in [0.3, 0.4) is 0 Å². The largest absolute Gasteiger partial charge is 0.489 e. The molecule has 0 saturated carbocycles. The van der Waals surface area contributed by atoms with Crippen LogP contribution in [0.1, 0.15) is 34.0 Å². The van der Waals surface area contributed by atoms with Crippen molar-refractivity contribution in [3.05, 3.63) is 107 Å². The molecule has 0 spiro atoms. The summed E-state index contributed by atoms with van der Waals surface area (Å²) in [6.07, 6.45) is 3.21. The molecule has 3 rings (SSSR count). The van der Waals surface area contributed by atoms with Crippen LogP contribution in [-0.4, -0.2) is 29.7 Å². The molecule has 1 unspecified atom stereocenters. The molecule has 3 aromatic rings. The van der Waals surface area contributed by atoms with Gasteiger partial charge in [-0.3, -0.25) is 9.59 Å². The minimum atomic E-state index is -0.555. The predicted molar refractivity (Wildman–Crippen MR) is 124 cm³/mol. The number of hydrogen-bond donors (Lipinski definition) is 0. The number of benzene rings is 3. The molecule has 31 heavy (non-hydrogen) atoms. The van der Waals surface area contributed by atoms with Crippen LogP contribution in [0.15, 0.2) is 84.9 Å². The third-order valence-electron chi connectivity index (χ3n) is 5.17. The summed E-state index contributed by atoms with van der Waals surface area (Å²) < 4.78 is 5.84. The summed E-state index contributed by atoms with van der Waals surface area (Å²) in [6.45, 7) is 4.19. The lowest BCUT2D eigenvalue weighted by Crippen LogP contribution is -2.39. The van der Waals surface area contributed by atoms with Gasteiger partial charge in [-0.05, 0) is 43.2 Å². The van der Waals surface area contributed by atoms with E-state index in [0.717, 1.165) is 22.4 Å². The first-order valence-corrected chi connectivity index (χ1v) is 10.3. The van der Waals surface area contributed by atoms with E-state index in [1.54, 1.807) is 32.2 Å². The van der Waals surface area contributed by atoms with Gasteiger partial charge >= 0.3 is 0 Å². The number of ketones is 1. The van der Waals surface area contributed by atoms with Crippen molar-refractivity contribution in [3.63, 3.8) is 0 Å². The van der Waals surface area contributed by atoms with E-state index < -0.39 is 6.04 Å². The number of hydrogen-bond acceptors (Lipinski definition) is 3. The first-order chi connectivity index (χ1) is 14.9. The van der Waals surface area contributed by atoms with Crippen molar-refractivity contribution in [1.82, 2.24) is 4.90 Å². The van der Waals surface area contributed by atoms with Crippen LogP contribution >= 0.6 is 0 Å². The monoisotopic (exact) mass is 413 g/mol. The molecule has 3 aromatic carbocycles. The highest BCUT2D eigenvalue weighted by molar-refractivity contribution is 6.03. The molecule has 0 saturated heterocycles. The zero-order valence-corrected chi connectivity index (χ0v) is 18.1. The summed E-state index contributed by atoms with van der Waals surface area (Å²) in [7, 11) is 1.64. The molecular weight excluding hydrogens is 386 g/mol. The number of rotatable bonds is 8. The molecule has 1 atom stereocenters. The van der Waals surface area contributed by atoms with Gasteiger partial charge in [0.05, 0.1) is 6.04 Å². The van der Waals surface area contributed by atoms with Crippen LogP contribution in [0.5, 0.6) is 5.75 Å². The Morgan fingerprint density at radius 3 is 2.39 bits per heavy atom. The maximum atomic E-state index is 12.7. The number of nitrogens with zero attached hydrogens (tertiary/aromatic N) is 1. The average molecular weight is 414 g/mol. The molecule has 0 aliphatic carbocycles. The molecule has 4 nitrogen and oxygen atoms in total. The molecule has 4 heteroatoms. The molecule has 0 aromatic heterocycles. The molecule has 158 valence electrons. The Morgan fingerprint density at radius 1 is 0.968 bits per heavy atom.